The van der Waals surface area contributed by atoms with E-state index in [1.807, 2.05) is 6.92 Å². The van der Waals surface area contributed by atoms with Crippen molar-refractivity contribution in [2.75, 3.05) is 0 Å². The minimum absolute atomic E-state index is 0.132. The molecule has 21 heavy (non-hydrogen) atoms. The highest BCUT2D eigenvalue weighted by Gasteiger charge is 2.21. The Morgan fingerprint density at radius 3 is 2.81 bits per heavy atom. The molecule has 0 spiro atoms. The number of hydrogen-bond acceptors (Lipinski definition) is 4. The molecule has 0 fully saturated rings. The number of hydrogen-bond donors (Lipinski definition) is 5. The molecule has 9 nitrogen and oxygen atoms in total. The number of H-pyrrole nitrogens is 2. The number of rotatable bonds is 6. The summed E-state index contributed by atoms with van der Waals surface area (Å²) < 4.78 is 0. The van der Waals surface area contributed by atoms with E-state index in [-0.39, 0.29) is 13.0 Å². The molecule has 112 valence electrons. The van der Waals surface area contributed by atoms with Crippen LogP contribution in [0.25, 0.3) is 0 Å². The maximum Gasteiger partial charge on any atom is 0.326 e. The van der Waals surface area contributed by atoms with Crippen LogP contribution in [0.1, 0.15) is 17.0 Å². The highest BCUT2D eigenvalue weighted by atomic mass is 16.4. The van der Waals surface area contributed by atoms with Crippen molar-refractivity contribution in [3.05, 3.63) is 35.7 Å². The normalized spacial score (nSPS) is 11.9. The van der Waals surface area contributed by atoms with Gasteiger partial charge in [-0.1, -0.05) is 0 Å². The molecule has 2 heterocycles. The van der Waals surface area contributed by atoms with Crippen LogP contribution in [0.3, 0.4) is 0 Å². The van der Waals surface area contributed by atoms with Crippen molar-refractivity contribution in [1.82, 2.24) is 30.8 Å². The van der Waals surface area contributed by atoms with Gasteiger partial charge in [-0.25, -0.2) is 14.6 Å². The first-order chi connectivity index (χ1) is 10.1. The summed E-state index contributed by atoms with van der Waals surface area (Å²) >= 11 is 0. The zero-order valence-corrected chi connectivity index (χ0v) is 11.4. The second-order valence-electron chi connectivity index (χ2n) is 4.52. The number of urea groups is 1. The number of aliphatic carboxylic acids is 1. The largest absolute Gasteiger partial charge is 0.480 e. The van der Waals surface area contributed by atoms with E-state index in [9.17, 15) is 9.59 Å². The number of amides is 2. The number of nitrogens with one attached hydrogen (secondary N) is 4. The van der Waals surface area contributed by atoms with Crippen molar-refractivity contribution in [3.8, 4) is 0 Å². The molecule has 0 aliphatic carbocycles. The van der Waals surface area contributed by atoms with Crippen molar-refractivity contribution in [2.24, 2.45) is 0 Å². The molecule has 0 radical (unpaired) electrons. The summed E-state index contributed by atoms with van der Waals surface area (Å²) in [6.45, 7) is 2.10. The number of aromatic nitrogens is 4. The van der Waals surface area contributed by atoms with Gasteiger partial charge >= 0.3 is 12.0 Å². The number of aryl methyl sites for hydroxylation is 1. The molecule has 1 atom stereocenters. The lowest BCUT2D eigenvalue weighted by molar-refractivity contribution is -0.139. The first-order valence-corrected chi connectivity index (χ1v) is 6.29. The fourth-order valence-electron chi connectivity index (χ4n) is 1.75. The second-order valence-corrected chi connectivity index (χ2v) is 4.52. The molecule has 0 aliphatic heterocycles. The van der Waals surface area contributed by atoms with E-state index in [0.717, 1.165) is 11.3 Å². The summed E-state index contributed by atoms with van der Waals surface area (Å²) in [7, 11) is 0. The molecule has 2 rings (SSSR count). The van der Waals surface area contributed by atoms with Gasteiger partial charge in [0, 0.05) is 36.1 Å². The first kappa shape index (κ1) is 14.6. The average Bonchev–Trinajstić information content (AvgIpc) is 3.07. The highest BCUT2D eigenvalue weighted by molar-refractivity contribution is 5.82. The number of carbonyl (C=O) groups is 2. The van der Waals surface area contributed by atoms with E-state index in [1.165, 1.54) is 12.5 Å². The summed E-state index contributed by atoms with van der Waals surface area (Å²) in [5.41, 5.74) is 2.32. The van der Waals surface area contributed by atoms with Gasteiger partial charge in [-0.2, -0.15) is 5.10 Å². The lowest BCUT2D eigenvalue weighted by atomic mass is 10.1. The van der Waals surface area contributed by atoms with E-state index in [1.54, 1.807) is 6.20 Å². The Morgan fingerprint density at radius 1 is 1.43 bits per heavy atom. The summed E-state index contributed by atoms with van der Waals surface area (Å²) in [6.07, 6.45) is 4.71. The topological polar surface area (TPSA) is 136 Å². The molecule has 2 aromatic heterocycles. The Hall–Kier alpha value is -2.84. The van der Waals surface area contributed by atoms with Crippen LogP contribution in [0.5, 0.6) is 0 Å². The van der Waals surface area contributed by atoms with Crippen LogP contribution >= 0.6 is 0 Å². The van der Waals surface area contributed by atoms with E-state index < -0.39 is 18.0 Å². The molecule has 0 aliphatic rings. The predicted octanol–water partition coefficient (Wildman–Crippen LogP) is -0.0637. The molecule has 1 unspecified atom stereocenters. The van der Waals surface area contributed by atoms with Crippen LogP contribution in [0.4, 0.5) is 4.79 Å². The van der Waals surface area contributed by atoms with E-state index in [4.69, 9.17) is 5.11 Å². The first-order valence-electron chi connectivity index (χ1n) is 6.29. The molecule has 0 aromatic carbocycles. The van der Waals surface area contributed by atoms with Crippen molar-refractivity contribution in [1.29, 1.82) is 0 Å². The van der Waals surface area contributed by atoms with Gasteiger partial charge in [-0.15, -0.1) is 0 Å². The summed E-state index contributed by atoms with van der Waals surface area (Å²) in [6, 6.07) is -1.58. The molecule has 9 heteroatoms. The maximum atomic E-state index is 11.8. The van der Waals surface area contributed by atoms with Crippen LogP contribution in [0, 0.1) is 6.92 Å². The van der Waals surface area contributed by atoms with Crippen molar-refractivity contribution >= 4 is 12.0 Å². The lowest BCUT2D eigenvalue weighted by Crippen LogP contribution is -2.47. The number of carboxylic acids is 1. The fourth-order valence-corrected chi connectivity index (χ4v) is 1.75. The van der Waals surface area contributed by atoms with Crippen LogP contribution < -0.4 is 10.6 Å². The van der Waals surface area contributed by atoms with E-state index in [0.29, 0.717) is 5.69 Å². The van der Waals surface area contributed by atoms with Crippen LogP contribution in [0.15, 0.2) is 18.7 Å². The number of nitrogens with zero attached hydrogens (tertiary/aromatic N) is 2. The predicted molar refractivity (Wildman–Crippen MR) is 72.4 cm³/mol. The Bertz CT molecular complexity index is 606. The van der Waals surface area contributed by atoms with Gasteiger partial charge in [0.15, 0.2) is 0 Å². The fraction of sp³-hybridized carbons (Fsp3) is 0.333. The molecule has 2 amide bonds. The third kappa shape index (κ3) is 4.06. The quantitative estimate of drug-likeness (QED) is 0.508. The van der Waals surface area contributed by atoms with Gasteiger partial charge in [-0.05, 0) is 6.92 Å². The van der Waals surface area contributed by atoms with Gasteiger partial charge in [0.25, 0.3) is 0 Å². The number of carboxylic acid groups (broad SMARTS) is 1. The standard InChI is InChI=1S/C12H16N6O3/c1-7-8(4-16-18-7)3-14-12(21)17-10(11(19)20)2-9-5-13-6-15-9/h4-6,10H,2-3H2,1H3,(H,13,15)(H,16,18)(H,19,20)(H2,14,17,21). The monoisotopic (exact) mass is 292 g/mol. The molecular weight excluding hydrogens is 276 g/mol. The molecule has 0 saturated heterocycles. The Kier molecular flexibility index (Phi) is 4.54. The van der Waals surface area contributed by atoms with Gasteiger partial charge in [0.05, 0.1) is 12.5 Å². The average molecular weight is 292 g/mol. The molecule has 0 bridgehead atoms. The number of aromatic amines is 2. The number of carbonyl (C=O) groups excluding carboxylic acids is 1. The third-order valence-electron chi connectivity index (χ3n) is 2.96. The Morgan fingerprint density at radius 2 is 2.24 bits per heavy atom. The maximum absolute atomic E-state index is 11.8. The lowest BCUT2D eigenvalue weighted by Gasteiger charge is -2.14. The van der Waals surface area contributed by atoms with Crippen molar-refractivity contribution < 1.29 is 14.7 Å². The molecule has 0 saturated carbocycles. The Balaban J connectivity index is 1.86. The Labute approximate surface area is 120 Å². The highest BCUT2D eigenvalue weighted by Crippen LogP contribution is 2.02. The van der Waals surface area contributed by atoms with Gasteiger partial charge < -0.3 is 20.7 Å². The SMILES string of the molecule is Cc1[nH]ncc1CNC(=O)NC(Cc1cnc[nH]1)C(=O)O. The summed E-state index contributed by atoms with van der Waals surface area (Å²) in [4.78, 5) is 29.5. The molecule has 2 aromatic rings. The molecular formula is C12H16N6O3. The van der Waals surface area contributed by atoms with Crippen LogP contribution in [0.2, 0.25) is 0 Å². The minimum Gasteiger partial charge on any atom is -0.480 e. The summed E-state index contributed by atoms with van der Waals surface area (Å²) in [5.74, 6) is -1.11. The summed E-state index contributed by atoms with van der Waals surface area (Å²) in [5, 5.41) is 20.7. The van der Waals surface area contributed by atoms with E-state index in [2.05, 4.69) is 30.8 Å². The van der Waals surface area contributed by atoms with Crippen molar-refractivity contribution in [3.63, 3.8) is 0 Å². The number of imidazole rings is 1. The van der Waals surface area contributed by atoms with E-state index >= 15 is 0 Å². The van der Waals surface area contributed by atoms with Crippen molar-refractivity contribution in [2.45, 2.75) is 25.9 Å². The smallest absolute Gasteiger partial charge is 0.326 e. The second kappa shape index (κ2) is 6.55. The van der Waals surface area contributed by atoms with Gasteiger partial charge in [0.1, 0.15) is 6.04 Å². The minimum atomic E-state index is -1.11. The zero-order chi connectivity index (χ0) is 15.2. The van der Waals surface area contributed by atoms with Gasteiger partial charge in [-0.3, -0.25) is 5.10 Å². The zero-order valence-electron chi connectivity index (χ0n) is 11.4. The van der Waals surface area contributed by atoms with Crippen LogP contribution in [-0.2, 0) is 17.8 Å². The van der Waals surface area contributed by atoms with Gasteiger partial charge in [0.2, 0.25) is 0 Å². The third-order valence-corrected chi connectivity index (χ3v) is 2.96. The van der Waals surface area contributed by atoms with Crippen LogP contribution in [-0.4, -0.2) is 43.3 Å². The molecule has 5 N–H and O–H groups in total.